The van der Waals surface area contributed by atoms with Crippen LogP contribution >= 0.6 is 22.9 Å². The number of pyridine rings is 1. The number of hydrogen-bond acceptors (Lipinski definition) is 3. The molecule has 0 radical (unpaired) electrons. The van der Waals surface area contributed by atoms with Crippen LogP contribution in [0.1, 0.15) is 28.6 Å². The van der Waals surface area contributed by atoms with Gasteiger partial charge in [-0.1, -0.05) is 36.7 Å². The van der Waals surface area contributed by atoms with Crippen molar-refractivity contribution in [3.63, 3.8) is 0 Å². The highest BCUT2D eigenvalue weighted by Gasteiger charge is 2.09. The number of nitrogens with one attached hydrogen (secondary N) is 2. The van der Waals surface area contributed by atoms with Crippen molar-refractivity contribution in [1.29, 1.82) is 0 Å². The van der Waals surface area contributed by atoms with E-state index in [1.807, 2.05) is 44.2 Å². The smallest absolute Gasteiger partial charge is 0.251 e. The van der Waals surface area contributed by atoms with E-state index >= 15 is 0 Å². The Kier molecular flexibility index (Phi) is 5.74. The summed E-state index contributed by atoms with van der Waals surface area (Å²) in [7, 11) is 0. The molecular weight excluding hydrogens is 352 g/mol. The minimum absolute atomic E-state index is 0.0157. The van der Waals surface area contributed by atoms with Gasteiger partial charge in [-0.05, 0) is 43.2 Å². The third-order valence-corrected chi connectivity index (χ3v) is 5.68. The molecule has 0 saturated carbocycles. The van der Waals surface area contributed by atoms with Crippen molar-refractivity contribution in [1.82, 2.24) is 10.3 Å². The molecule has 0 fully saturated rings. The van der Waals surface area contributed by atoms with Crippen LogP contribution in [0.2, 0.25) is 5.02 Å². The van der Waals surface area contributed by atoms with Crippen LogP contribution in [0.25, 0.3) is 10.4 Å². The summed E-state index contributed by atoms with van der Waals surface area (Å²) in [6.45, 7) is 5.48. The molecule has 5 heteroatoms. The lowest BCUT2D eigenvalue weighted by Gasteiger charge is -2.06. The fourth-order valence-corrected chi connectivity index (χ4v) is 4.02. The third-order valence-electron chi connectivity index (χ3n) is 4.20. The number of aromatic nitrogens is 1. The Morgan fingerprint density at radius 1 is 1.12 bits per heavy atom. The van der Waals surface area contributed by atoms with Crippen molar-refractivity contribution in [2.45, 2.75) is 33.4 Å². The molecule has 2 heterocycles. The quantitative estimate of drug-likeness (QED) is 0.645. The van der Waals surface area contributed by atoms with Crippen molar-refractivity contribution in [2.24, 2.45) is 0 Å². The van der Waals surface area contributed by atoms with Gasteiger partial charge in [0.2, 0.25) is 0 Å². The highest BCUT2D eigenvalue weighted by molar-refractivity contribution is 7.15. The van der Waals surface area contributed by atoms with Crippen molar-refractivity contribution in [2.75, 3.05) is 0 Å². The molecule has 3 nitrogen and oxygen atoms in total. The van der Waals surface area contributed by atoms with Crippen molar-refractivity contribution in [3.8, 4) is 10.4 Å². The number of H-pyrrole nitrogens is 1. The zero-order valence-electron chi connectivity index (χ0n) is 14.4. The lowest BCUT2D eigenvalue weighted by molar-refractivity contribution is 0.701. The van der Waals surface area contributed by atoms with Gasteiger partial charge in [-0.2, -0.15) is 0 Å². The SMILES string of the molecule is CCc1cc(-c2ccc(CNCc3ccccc3Cl)s2)c(C)[nH]c1=O. The molecule has 0 bridgehead atoms. The second-order valence-electron chi connectivity index (χ2n) is 5.98. The lowest BCUT2D eigenvalue weighted by Crippen LogP contribution is -2.13. The highest BCUT2D eigenvalue weighted by atomic mass is 35.5. The van der Waals surface area contributed by atoms with Gasteiger partial charge < -0.3 is 10.3 Å². The van der Waals surface area contributed by atoms with Gasteiger partial charge in [0, 0.05) is 44.7 Å². The molecule has 2 aromatic heterocycles. The van der Waals surface area contributed by atoms with Gasteiger partial charge >= 0.3 is 0 Å². The van der Waals surface area contributed by atoms with E-state index in [0.717, 1.165) is 46.9 Å². The van der Waals surface area contributed by atoms with Gasteiger partial charge in [0.1, 0.15) is 0 Å². The summed E-state index contributed by atoms with van der Waals surface area (Å²) in [4.78, 5) is 17.3. The van der Waals surface area contributed by atoms with E-state index in [2.05, 4.69) is 22.4 Å². The van der Waals surface area contributed by atoms with Crippen LogP contribution in [0, 0.1) is 6.92 Å². The van der Waals surface area contributed by atoms with E-state index in [4.69, 9.17) is 11.6 Å². The average Bonchev–Trinajstić information content (AvgIpc) is 3.05. The average molecular weight is 373 g/mol. The predicted molar refractivity (Wildman–Crippen MR) is 106 cm³/mol. The monoisotopic (exact) mass is 372 g/mol. The topological polar surface area (TPSA) is 44.9 Å². The molecule has 3 aromatic rings. The summed E-state index contributed by atoms with van der Waals surface area (Å²) in [6, 6.07) is 14.1. The number of aryl methyl sites for hydroxylation is 2. The molecule has 25 heavy (non-hydrogen) atoms. The first kappa shape index (κ1) is 17.9. The van der Waals surface area contributed by atoms with Crippen LogP contribution in [-0.4, -0.2) is 4.98 Å². The maximum Gasteiger partial charge on any atom is 0.251 e. The van der Waals surface area contributed by atoms with Crippen LogP contribution in [0.3, 0.4) is 0 Å². The summed E-state index contributed by atoms with van der Waals surface area (Å²) >= 11 is 7.93. The molecule has 0 aliphatic rings. The minimum atomic E-state index is 0.0157. The van der Waals surface area contributed by atoms with Crippen LogP contribution in [0.15, 0.2) is 47.3 Å². The third kappa shape index (κ3) is 4.21. The van der Waals surface area contributed by atoms with Crippen molar-refractivity contribution in [3.05, 3.63) is 79.5 Å². The Hall–Kier alpha value is -1.88. The molecule has 3 rings (SSSR count). The Morgan fingerprint density at radius 3 is 2.68 bits per heavy atom. The maximum absolute atomic E-state index is 11.9. The molecule has 0 atom stereocenters. The number of hydrogen-bond donors (Lipinski definition) is 2. The predicted octanol–water partition coefficient (Wildman–Crippen LogP) is 4.92. The van der Waals surface area contributed by atoms with E-state index in [0.29, 0.717) is 0 Å². The van der Waals surface area contributed by atoms with Gasteiger partial charge in [0.15, 0.2) is 0 Å². The van der Waals surface area contributed by atoms with Crippen molar-refractivity contribution < 1.29 is 0 Å². The van der Waals surface area contributed by atoms with E-state index < -0.39 is 0 Å². The van der Waals surface area contributed by atoms with E-state index in [9.17, 15) is 4.79 Å². The summed E-state index contributed by atoms with van der Waals surface area (Å²) in [5.74, 6) is 0. The zero-order chi connectivity index (χ0) is 17.8. The largest absolute Gasteiger partial charge is 0.326 e. The van der Waals surface area contributed by atoms with Crippen LogP contribution in [0.4, 0.5) is 0 Å². The van der Waals surface area contributed by atoms with Crippen LogP contribution < -0.4 is 10.9 Å². The maximum atomic E-state index is 11.9. The molecule has 0 amide bonds. The van der Waals surface area contributed by atoms with Crippen LogP contribution in [0.5, 0.6) is 0 Å². The Morgan fingerprint density at radius 2 is 1.92 bits per heavy atom. The normalized spacial score (nSPS) is 11.0. The molecule has 0 unspecified atom stereocenters. The first-order valence-electron chi connectivity index (χ1n) is 8.34. The first-order valence-corrected chi connectivity index (χ1v) is 9.54. The lowest BCUT2D eigenvalue weighted by atomic mass is 10.1. The first-order chi connectivity index (χ1) is 12.1. The second-order valence-corrected chi connectivity index (χ2v) is 7.55. The summed E-state index contributed by atoms with van der Waals surface area (Å²) in [6.07, 6.45) is 0.736. The number of aromatic amines is 1. The summed E-state index contributed by atoms with van der Waals surface area (Å²) < 4.78 is 0. The molecular formula is C20H21ClN2OS. The number of rotatable bonds is 6. The molecule has 0 aliphatic heterocycles. The molecule has 0 saturated heterocycles. The molecule has 0 aliphatic carbocycles. The molecule has 0 spiro atoms. The molecule has 1 aromatic carbocycles. The van der Waals surface area contributed by atoms with Crippen LogP contribution in [-0.2, 0) is 19.5 Å². The number of benzene rings is 1. The van der Waals surface area contributed by atoms with E-state index in [1.54, 1.807) is 11.3 Å². The molecule has 2 N–H and O–H groups in total. The Bertz CT molecular complexity index is 929. The fourth-order valence-electron chi connectivity index (χ4n) is 2.76. The van der Waals surface area contributed by atoms with Crippen molar-refractivity contribution >= 4 is 22.9 Å². The fraction of sp³-hybridized carbons (Fsp3) is 0.250. The zero-order valence-corrected chi connectivity index (χ0v) is 15.9. The van der Waals surface area contributed by atoms with E-state index in [1.165, 1.54) is 9.75 Å². The highest BCUT2D eigenvalue weighted by Crippen LogP contribution is 2.30. The summed E-state index contributed by atoms with van der Waals surface area (Å²) in [5.41, 5.74) is 3.97. The Balaban J connectivity index is 1.71. The van der Waals surface area contributed by atoms with Gasteiger partial charge in [0.25, 0.3) is 5.56 Å². The summed E-state index contributed by atoms with van der Waals surface area (Å²) in [5, 5.41) is 4.23. The van der Waals surface area contributed by atoms with Gasteiger partial charge in [-0.25, -0.2) is 0 Å². The van der Waals surface area contributed by atoms with Gasteiger partial charge in [-0.3, -0.25) is 4.79 Å². The Labute approximate surface area is 156 Å². The van der Waals surface area contributed by atoms with E-state index in [-0.39, 0.29) is 5.56 Å². The number of thiophene rings is 1. The minimum Gasteiger partial charge on any atom is -0.326 e. The van der Waals surface area contributed by atoms with Gasteiger partial charge in [-0.15, -0.1) is 11.3 Å². The number of halogens is 1. The standard InChI is InChI=1S/C20H21ClN2OS/c1-3-14-10-17(13(2)23-20(14)24)19-9-8-16(25-19)12-22-11-15-6-4-5-7-18(15)21/h4-10,22H,3,11-12H2,1-2H3,(H,23,24). The second kappa shape index (κ2) is 8.00. The molecule has 130 valence electrons. The van der Waals surface area contributed by atoms with Gasteiger partial charge in [0.05, 0.1) is 0 Å².